The van der Waals surface area contributed by atoms with Gasteiger partial charge in [0.2, 0.25) is 5.91 Å². The zero-order valence-electron chi connectivity index (χ0n) is 12.3. The van der Waals surface area contributed by atoms with E-state index in [1.54, 1.807) is 0 Å². The molecule has 1 aliphatic heterocycles. The van der Waals surface area contributed by atoms with Crippen LogP contribution in [0.3, 0.4) is 0 Å². The number of hydrogen-bond acceptors (Lipinski definition) is 3. The van der Waals surface area contributed by atoms with Crippen molar-refractivity contribution >= 4 is 11.6 Å². The maximum absolute atomic E-state index is 12.6. The van der Waals surface area contributed by atoms with Crippen molar-refractivity contribution < 1.29 is 9.53 Å². The van der Waals surface area contributed by atoms with Crippen LogP contribution in [0.2, 0.25) is 0 Å². The van der Waals surface area contributed by atoms with E-state index < -0.39 is 0 Å². The van der Waals surface area contributed by atoms with E-state index in [1.165, 1.54) is 0 Å². The van der Waals surface area contributed by atoms with Crippen LogP contribution in [0.4, 0.5) is 5.69 Å². The molecule has 1 fully saturated rings. The first kappa shape index (κ1) is 14.9. The van der Waals surface area contributed by atoms with Gasteiger partial charge in [-0.2, -0.15) is 0 Å². The Hall–Kier alpha value is -1.55. The molecule has 1 aromatic carbocycles. The van der Waals surface area contributed by atoms with Crippen molar-refractivity contribution in [2.45, 2.75) is 26.2 Å². The van der Waals surface area contributed by atoms with Crippen LogP contribution < -0.4 is 5.73 Å². The van der Waals surface area contributed by atoms with E-state index in [0.29, 0.717) is 26.3 Å². The number of nitrogens with two attached hydrogens (primary N) is 1. The maximum atomic E-state index is 12.6. The molecule has 0 saturated carbocycles. The molecule has 110 valence electrons. The molecule has 1 aromatic rings. The quantitative estimate of drug-likeness (QED) is 0.858. The van der Waals surface area contributed by atoms with Gasteiger partial charge in [0.05, 0.1) is 13.2 Å². The lowest BCUT2D eigenvalue weighted by Gasteiger charge is -2.32. The number of anilines is 1. The second kappa shape index (κ2) is 6.75. The first-order valence-electron chi connectivity index (χ1n) is 7.35. The molecule has 0 spiro atoms. The number of rotatable bonds is 4. The van der Waals surface area contributed by atoms with E-state index in [9.17, 15) is 4.79 Å². The van der Waals surface area contributed by atoms with E-state index >= 15 is 0 Å². The largest absolute Gasteiger partial charge is 0.399 e. The van der Waals surface area contributed by atoms with Crippen LogP contribution in [-0.4, -0.2) is 37.1 Å². The number of amides is 1. The molecule has 1 saturated heterocycles. The summed E-state index contributed by atoms with van der Waals surface area (Å²) >= 11 is 0. The molecular formula is C16H24N2O2. The Balaban J connectivity index is 2.11. The molecule has 1 amide bonds. The summed E-state index contributed by atoms with van der Waals surface area (Å²) in [6.07, 6.45) is 0.931. The van der Waals surface area contributed by atoms with E-state index in [-0.39, 0.29) is 17.7 Å². The van der Waals surface area contributed by atoms with E-state index in [1.807, 2.05) is 30.0 Å². The Labute approximate surface area is 120 Å². The molecule has 2 rings (SSSR count). The Morgan fingerprint density at radius 1 is 1.40 bits per heavy atom. The Kier molecular flexibility index (Phi) is 5.01. The van der Waals surface area contributed by atoms with Gasteiger partial charge in [-0.15, -0.1) is 0 Å². The van der Waals surface area contributed by atoms with Crippen LogP contribution in [-0.2, 0) is 9.53 Å². The predicted molar refractivity (Wildman–Crippen MR) is 80.4 cm³/mol. The van der Waals surface area contributed by atoms with Gasteiger partial charge in [0.1, 0.15) is 0 Å². The van der Waals surface area contributed by atoms with Gasteiger partial charge in [-0.1, -0.05) is 26.0 Å². The highest BCUT2D eigenvalue weighted by Crippen LogP contribution is 2.30. The summed E-state index contributed by atoms with van der Waals surface area (Å²) in [5.74, 6) is 0.413. The third-order valence-electron chi connectivity index (χ3n) is 4.09. The van der Waals surface area contributed by atoms with Gasteiger partial charge >= 0.3 is 0 Å². The lowest BCUT2D eigenvalue weighted by molar-refractivity contribution is -0.139. The van der Waals surface area contributed by atoms with Crippen LogP contribution in [0.25, 0.3) is 0 Å². The molecule has 1 aliphatic rings. The molecule has 0 bridgehead atoms. The number of nitrogen functional groups attached to an aromatic ring is 1. The molecule has 4 nitrogen and oxygen atoms in total. The number of hydrogen-bond donors (Lipinski definition) is 1. The first-order chi connectivity index (χ1) is 9.63. The topological polar surface area (TPSA) is 55.6 Å². The van der Waals surface area contributed by atoms with Crippen molar-refractivity contribution in [1.29, 1.82) is 0 Å². The number of benzene rings is 1. The summed E-state index contributed by atoms with van der Waals surface area (Å²) in [5, 5.41) is 0. The fourth-order valence-electron chi connectivity index (χ4n) is 2.91. The van der Waals surface area contributed by atoms with Gasteiger partial charge in [-0.3, -0.25) is 4.79 Å². The van der Waals surface area contributed by atoms with Crippen LogP contribution >= 0.6 is 0 Å². The molecule has 0 aromatic heterocycles. The fraction of sp³-hybridized carbons (Fsp3) is 0.562. The lowest BCUT2D eigenvalue weighted by Crippen LogP contribution is -2.44. The Bertz CT molecular complexity index is 456. The third kappa shape index (κ3) is 3.31. The Morgan fingerprint density at radius 2 is 2.10 bits per heavy atom. The molecule has 20 heavy (non-hydrogen) atoms. The molecule has 1 heterocycles. The lowest BCUT2D eigenvalue weighted by atomic mass is 9.84. The normalized spacial score (nSPS) is 18.6. The summed E-state index contributed by atoms with van der Waals surface area (Å²) < 4.78 is 5.31. The van der Waals surface area contributed by atoms with Gasteiger partial charge in [0.25, 0.3) is 0 Å². The average molecular weight is 276 g/mol. The number of nitrogens with zero attached hydrogens (tertiary/aromatic N) is 1. The minimum absolute atomic E-state index is 0.0279. The summed E-state index contributed by atoms with van der Waals surface area (Å²) in [5.41, 5.74) is 7.77. The molecule has 0 radical (unpaired) electrons. The number of carbonyl (C=O) groups is 1. The highest BCUT2D eigenvalue weighted by molar-refractivity contribution is 5.79. The highest BCUT2D eigenvalue weighted by Gasteiger charge is 2.28. The average Bonchev–Trinajstić information content (AvgIpc) is 2.48. The van der Waals surface area contributed by atoms with Gasteiger partial charge in [0, 0.05) is 24.7 Å². The number of ether oxygens (including phenoxy) is 1. The molecule has 2 atom stereocenters. The molecular weight excluding hydrogens is 252 g/mol. The van der Waals surface area contributed by atoms with Gasteiger partial charge in [0.15, 0.2) is 0 Å². The van der Waals surface area contributed by atoms with E-state index in [0.717, 1.165) is 17.7 Å². The predicted octanol–water partition coefficient (Wildman–Crippen LogP) is 2.26. The smallest absolute Gasteiger partial charge is 0.226 e. The summed E-state index contributed by atoms with van der Waals surface area (Å²) in [4.78, 5) is 14.5. The standard InChI is InChI=1S/C16H24N2O2/c1-3-15(13-5-4-6-14(17)11-13)12(2)16(19)18-7-9-20-10-8-18/h4-6,11-12,15H,3,7-10,17H2,1-2H3. The third-order valence-corrected chi connectivity index (χ3v) is 4.09. The van der Waals surface area contributed by atoms with Crippen molar-refractivity contribution in [3.8, 4) is 0 Å². The van der Waals surface area contributed by atoms with Crippen molar-refractivity contribution in [2.75, 3.05) is 32.0 Å². The maximum Gasteiger partial charge on any atom is 0.226 e. The highest BCUT2D eigenvalue weighted by atomic mass is 16.5. The molecule has 2 unspecified atom stereocenters. The minimum atomic E-state index is -0.0279. The summed E-state index contributed by atoms with van der Waals surface area (Å²) in [7, 11) is 0. The van der Waals surface area contributed by atoms with E-state index in [4.69, 9.17) is 10.5 Å². The van der Waals surface area contributed by atoms with Crippen molar-refractivity contribution in [1.82, 2.24) is 4.90 Å². The van der Waals surface area contributed by atoms with Crippen molar-refractivity contribution in [3.05, 3.63) is 29.8 Å². The van der Waals surface area contributed by atoms with Crippen LogP contribution in [0, 0.1) is 5.92 Å². The first-order valence-corrected chi connectivity index (χ1v) is 7.35. The molecule has 0 aliphatic carbocycles. The van der Waals surface area contributed by atoms with Crippen LogP contribution in [0.15, 0.2) is 24.3 Å². The summed E-state index contributed by atoms with van der Waals surface area (Å²) in [6.45, 7) is 6.85. The zero-order valence-corrected chi connectivity index (χ0v) is 12.3. The summed E-state index contributed by atoms with van der Waals surface area (Å²) in [6, 6.07) is 7.88. The second-order valence-electron chi connectivity index (χ2n) is 5.41. The van der Waals surface area contributed by atoms with Gasteiger partial charge in [-0.05, 0) is 30.0 Å². The fourth-order valence-corrected chi connectivity index (χ4v) is 2.91. The zero-order chi connectivity index (χ0) is 14.5. The second-order valence-corrected chi connectivity index (χ2v) is 5.41. The van der Waals surface area contributed by atoms with Crippen molar-refractivity contribution in [2.24, 2.45) is 5.92 Å². The SMILES string of the molecule is CCC(c1cccc(N)c1)C(C)C(=O)N1CCOCC1. The monoisotopic (exact) mass is 276 g/mol. The molecule has 4 heteroatoms. The van der Waals surface area contributed by atoms with E-state index in [2.05, 4.69) is 13.0 Å². The number of carbonyl (C=O) groups excluding carboxylic acids is 1. The number of morpholine rings is 1. The van der Waals surface area contributed by atoms with Gasteiger partial charge < -0.3 is 15.4 Å². The van der Waals surface area contributed by atoms with Crippen LogP contribution in [0.5, 0.6) is 0 Å². The Morgan fingerprint density at radius 3 is 2.70 bits per heavy atom. The molecule has 2 N–H and O–H groups in total. The minimum Gasteiger partial charge on any atom is -0.399 e. The van der Waals surface area contributed by atoms with Crippen molar-refractivity contribution in [3.63, 3.8) is 0 Å². The van der Waals surface area contributed by atoms with Crippen LogP contribution in [0.1, 0.15) is 31.7 Å². The van der Waals surface area contributed by atoms with Gasteiger partial charge in [-0.25, -0.2) is 0 Å².